The molecule has 0 saturated heterocycles. The maximum atomic E-state index is 9.19. The monoisotopic (exact) mass is 256 g/mol. The topological polar surface area (TPSA) is 20.2 Å². The van der Waals surface area contributed by atoms with E-state index in [9.17, 15) is 5.11 Å². The Balaban J connectivity index is 2.62. The number of rotatable bonds is 5. The standard InChI is InChI=1S/C12H17BrO/c1-2-5-10(9-14)8-11-6-3-4-7-12(11)13/h3-4,6-7,10,14H,2,5,8-9H2,1H3. The molecular formula is C12H17BrO. The Kier molecular flexibility index (Phi) is 5.20. The van der Waals surface area contributed by atoms with Crippen LogP contribution in [0.25, 0.3) is 0 Å². The Labute approximate surface area is 94.3 Å². The van der Waals surface area contributed by atoms with Gasteiger partial charge in [0.1, 0.15) is 0 Å². The quantitative estimate of drug-likeness (QED) is 0.857. The highest BCUT2D eigenvalue weighted by molar-refractivity contribution is 9.10. The number of hydrogen-bond donors (Lipinski definition) is 1. The average molecular weight is 257 g/mol. The molecule has 0 aromatic heterocycles. The molecule has 0 radical (unpaired) electrons. The predicted octanol–water partition coefficient (Wildman–Crippen LogP) is 3.40. The van der Waals surface area contributed by atoms with E-state index in [1.54, 1.807) is 0 Å². The van der Waals surface area contributed by atoms with Gasteiger partial charge in [0.25, 0.3) is 0 Å². The van der Waals surface area contributed by atoms with E-state index in [-0.39, 0.29) is 6.61 Å². The summed E-state index contributed by atoms with van der Waals surface area (Å²) in [6.07, 6.45) is 3.19. The minimum Gasteiger partial charge on any atom is -0.396 e. The molecule has 14 heavy (non-hydrogen) atoms. The van der Waals surface area contributed by atoms with Gasteiger partial charge in [0.2, 0.25) is 0 Å². The third kappa shape index (κ3) is 3.43. The molecule has 78 valence electrons. The van der Waals surface area contributed by atoms with Crippen LogP contribution < -0.4 is 0 Å². The molecule has 2 heteroatoms. The normalized spacial score (nSPS) is 12.8. The lowest BCUT2D eigenvalue weighted by molar-refractivity contribution is 0.217. The molecule has 1 unspecified atom stereocenters. The molecule has 0 aliphatic rings. The van der Waals surface area contributed by atoms with E-state index in [0.29, 0.717) is 5.92 Å². The molecule has 1 atom stereocenters. The van der Waals surface area contributed by atoms with Crippen molar-refractivity contribution in [3.63, 3.8) is 0 Å². The van der Waals surface area contributed by atoms with Crippen molar-refractivity contribution in [2.24, 2.45) is 5.92 Å². The van der Waals surface area contributed by atoms with Gasteiger partial charge in [-0.3, -0.25) is 0 Å². The molecule has 1 N–H and O–H groups in total. The molecule has 1 rings (SSSR count). The number of aliphatic hydroxyl groups is 1. The lowest BCUT2D eigenvalue weighted by Crippen LogP contribution is -2.09. The van der Waals surface area contributed by atoms with Crippen molar-refractivity contribution < 1.29 is 5.11 Å². The maximum Gasteiger partial charge on any atom is 0.0462 e. The fourth-order valence-electron chi connectivity index (χ4n) is 1.64. The highest BCUT2D eigenvalue weighted by Gasteiger charge is 2.08. The molecule has 0 aliphatic carbocycles. The maximum absolute atomic E-state index is 9.19. The molecule has 0 heterocycles. The Hall–Kier alpha value is -0.340. The van der Waals surface area contributed by atoms with Crippen molar-refractivity contribution in [1.82, 2.24) is 0 Å². The summed E-state index contributed by atoms with van der Waals surface area (Å²) in [6, 6.07) is 8.22. The fourth-order valence-corrected chi connectivity index (χ4v) is 2.09. The number of hydrogen-bond acceptors (Lipinski definition) is 1. The Morgan fingerprint density at radius 1 is 1.36 bits per heavy atom. The Morgan fingerprint density at radius 2 is 2.07 bits per heavy atom. The van der Waals surface area contributed by atoms with Gasteiger partial charge in [0.15, 0.2) is 0 Å². The smallest absolute Gasteiger partial charge is 0.0462 e. The van der Waals surface area contributed by atoms with Crippen molar-refractivity contribution in [3.8, 4) is 0 Å². The minimum atomic E-state index is 0.287. The van der Waals surface area contributed by atoms with Gasteiger partial charge in [-0.2, -0.15) is 0 Å². The van der Waals surface area contributed by atoms with Crippen LogP contribution in [0.15, 0.2) is 28.7 Å². The van der Waals surface area contributed by atoms with Gasteiger partial charge in [-0.15, -0.1) is 0 Å². The summed E-state index contributed by atoms with van der Waals surface area (Å²) < 4.78 is 1.15. The summed E-state index contributed by atoms with van der Waals surface area (Å²) in [7, 11) is 0. The Morgan fingerprint density at radius 3 is 2.64 bits per heavy atom. The average Bonchev–Trinajstić information content (AvgIpc) is 2.20. The van der Waals surface area contributed by atoms with Crippen LogP contribution in [0, 0.1) is 5.92 Å². The second-order valence-electron chi connectivity index (χ2n) is 3.63. The van der Waals surface area contributed by atoms with E-state index >= 15 is 0 Å². The zero-order valence-corrected chi connectivity index (χ0v) is 10.1. The minimum absolute atomic E-state index is 0.287. The first-order chi connectivity index (χ1) is 6.77. The Bertz CT molecular complexity index is 273. The van der Waals surface area contributed by atoms with Gasteiger partial charge in [-0.05, 0) is 30.4 Å². The van der Waals surface area contributed by atoms with E-state index in [1.807, 2.05) is 12.1 Å². The summed E-state index contributed by atoms with van der Waals surface area (Å²) >= 11 is 3.52. The van der Waals surface area contributed by atoms with Crippen molar-refractivity contribution in [1.29, 1.82) is 0 Å². The second kappa shape index (κ2) is 6.20. The number of benzene rings is 1. The molecule has 1 aromatic carbocycles. The fraction of sp³-hybridized carbons (Fsp3) is 0.500. The van der Waals surface area contributed by atoms with Crippen molar-refractivity contribution >= 4 is 15.9 Å². The summed E-state index contributed by atoms with van der Waals surface area (Å²) in [6.45, 7) is 2.44. The van der Waals surface area contributed by atoms with Crippen LogP contribution in [-0.4, -0.2) is 11.7 Å². The largest absolute Gasteiger partial charge is 0.396 e. The zero-order chi connectivity index (χ0) is 10.4. The summed E-state index contributed by atoms with van der Waals surface area (Å²) in [5.74, 6) is 0.402. The summed E-state index contributed by atoms with van der Waals surface area (Å²) in [4.78, 5) is 0. The summed E-state index contributed by atoms with van der Waals surface area (Å²) in [5.41, 5.74) is 1.29. The number of halogens is 1. The first kappa shape index (κ1) is 11.7. The van der Waals surface area contributed by atoms with Crippen LogP contribution in [0.3, 0.4) is 0 Å². The molecule has 0 aliphatic heterocycles. The van der Waals surface area contributed by atoms with E-state index in [2.05, 4.69) is 35.0 Å². The van der Waals surface area contributed by atoms with Gasteiger partial charge in [-0.25, -0.2) is 0 Å². The van der Waals surface area contributed by atoms with E-state index in [0.717, 1.165) is 23.7 Å². The van der Waals surface area contributed by atoms with Gasteiger partial charge < -0.3 is 5.11 Å². The third-order valence-electron chi connectivity index (χ3n) is 2.42. The molecule has 0 spiro atoms. The first-order valence-electron chi connectivity index (χ1n) is 5.12. The molecule has 0 amide bonds. The molecule has 0 bridgehead atoms. The van der Waals surface area contributed by atoms with Crippen LogP contribution in [0.1, 0.15) is 25.3 Å². The van der Waals surface area contributed by atoms with Crippen LogP contribution in [0.4, 0.5) is 0 Å². The van der Waals surface area contributed by atoms with Crippen LogP contribution in [0.5, 0.6) is 0 Å². The van der Waals surface area contributed by atoms with Crippen molar-refractivity contribution in [2.75, 3.05) is 6.61 Å². The number of aliphatic hydroxyl groups excluding tert-OH is 1. The van der Waals surface area contributed by atoms with E-state index in [1.165, 1.54) is 5.56 Å². The third-order valence-corrected chi connectivity index (χ3v) is 3.20. The summed E-state index contributed by atoms with van der Waals surface area (Å²) in [5, 5.41) is 9.19. The van der Waals surface area contributed by atoms with Gasteiger partial charge >= 0.3 is 0 Å². The molecule has 0 fully saturated rings. The van der Waals surface area contributed by atoms with E-state index < -0.39 is 0 Å². The lowest BCUT2D eigenvalue weighted by atomic mass is 9.96. The van der Waals surface area contributed by atoms with Gasteiger partial charge in [-0.1, -0.05) is 47.5 Å². The molecule has 1 aromatic rings. The van der Waals surface area contributed by atoms with Crippen LogP contribution in [-0.2, 0) is 6.42 Å². The second-order valence-corrected chi connectivity index (χ2v) is 4.49. The van der Waals surface area contributed by atoms with Crippen LogP contribution >= 0.6 is 15.9 Å². The van der Waals surface area contributed by atoms with Crippen molar-refractivity contribution in [3.05, 3.63) is 34.3 Å². The zero-order valence-electron chi connectivity index (χ0n) is 8.54. The SMILES string of the molecule is CCCC(CO)Cc1ccccc1Br. The van der Waals surface area contributed by atoms with E-state index in [4.69, 9.17) is 0 Å². The predicted molar refractivity (Wildman–Crippen MR) is 63.3 cm³/mol. The first-order valence-corrected chi connectivity index (χ1v) is 5.91. The highest BCUT2D eigenvalue weighted by Crippen LogP contribution is 2.21. The molecular weight excluding hydrogens is 240 g/mol. The van der Waals surface area contributed by atoms with Gasteiger partial charge in [0, 0.05) is 11.1 Å². The molecule has 1 nitrogen and oxygen atoms in total. The molecule has 0 saturated carbocycles. The highest BCUT2D eigenvalue weighted by atomic mass is 79.9. The van der Waals surface area contributed by atoms with Crippen LogP contribution in [0.2, 0.25) is 0 Å². The lowest BCUT2D eigenvalue weighted by Gasteiger charge is -2.13. The van der Waals surface area contributed by atoms with Crippen molar-refractivity contribution in [2.45, 2.75) is 26.2 Å². The van der Waals surface area contributed by atoms with Gasteiger partial charge in [0.05, 0.1) is 0 Å².